The Morgan fingerprint density at radius 2 is 2.00 bits per heavy atom. The van der Waals surface area contributed by atoms with Crippen molar-refractivity contribution in [3.05, 3.63) is 29.6 Å². The van der Waals surface area contributed by atoms with E-state index in [-0.39, 0.29) is 0 Å². The fourth-order valence-electron chi connectivity index (χ4n) is 2.58. The number of alkyl halides is 1. The van der Waals surface area contributed by atoms with Gasteiger partial charge < -0.3 is 4.57 Å². The molecule has 0 saturated heterocycles. The van der Waals surface area contributed by atoms with Crippen molar-refractivity contribution in [3.8, 4) is 0 Å². The van der Waals surface area contributed by atoms with E-state index in [1.54, 1.807) is 0 Å². The van der Waals surface area contributed by atoms with Crippen LogP contribution in [-0.4, -0.2) is 15.4 Å². The zero-order chi connectivity index (χ0) is 13.1. The Morgan fingerprint density at radius 3 is 2.61 bits per heavy atom. The summed E-state index contributed by atoms with van der Waals surface area (Å²) in [5.74, 6) is 1.75. The zero-order valence-electron chi connectivity index (χ0n) is 11.4. The lowest BCUT2D eigenvalue weighted by Crippen LogP contribution is -2.11. The lowest BCUT2D eigenvalue weighted by Gasteiger charge is -2.18. The molecule has 0 aliphatic heterocycles. The highest BCUT2D eigenvalue weighted by Crippen LogP contribution is 2.26. The summed E-state index contributed by atoms with van der Waals surface area (Å²) in [7, 11) is 0. The Labute approximate surface area is 114 Å². The number of fused-ring (bicyclic) bond motifs is 1. The molecule has 0 bridgehead atoms. The van der Waals surface area contributed by atoms with Gasteiger partial charge in [0.1, 0.15) is 5.82 Å². The highest BCUT2D eigenvalue weighted by atomic mass is 35.5. The number of benzene rings is 1. The van der Waals surface area contributed by atoms with Crippen molar-refractivity contribution in [3.63, 3.8) is 0 Å². The van der Waals surface area contributed by atoms with E-state index in [4.69, 9.17) is 16.6 Å². The smallest absolute Gasteiger partial charge is 0.111 e. The van der Waals surface area contributed by atoms with Gasteiger partial charge in [0.05, 0.1) is 11.0 Å². The molecule has 0 unspecified atom stereocenters. The van der Waals surface area contributed by atoms with Crippen LogP contribution in [0.2, 0.25) is 0 Å². The molecular formula is C15H21ClN2. The van der Waals surface area contributed by atoms with Gasteiger partial charge in [-0.2, -0.15) is 0 Å². The summed E-state index contributed by atoms with van der Waals surface area (Å²) < 4.78 is 2.39. The molecule has 0 amide bonds. The van der Waals surface area contributed by atoms with Gasteiger partial charge in [-0.05, 0) is 37.5 Å². The Hall–Kier alpha value is -1.02. The lowest BCUT2D eigenvalue weighted by molar-refractivity contribution is 0.468. The number of rotatable bonds is 5. The van der Waals surface area contributed by atoms with Gasteiger partial charge in [0.2, 0.25) is 0 Å². The molecule has 0 atom stereocenters. The summed E-state index contributed by atoms with van der Waals surface area (Å²) in [6.45, 7) is 6.60. The number of halogens is 1. The van der Waals surface area contributed by atoms with Crippen LogP contribution in [0.3, 0.4) is 0 Å². The second-order valence-electron chi connectivity index (χ2n) is 4.80. The summed E-state index contributed by atoms with van der Waals surface area (Å²) in [5.41, 5.74) is 3.63. The third-order valence-electron chi connectivity index (χ3n) is 3.54. The molecule has 2 aromatic rings. The summed E-state index contributed by atoms with van der Waals surface area (Å²) in [5, 5.41) is 0. The molecule has 0 radical (unpaired) electrons. The maximum Gasteiger partial charge on any atom is 0.111 e. The number of hydrogen-bond donors (Lipinski definition) is 0. The molecule has 2 nitrogen and oxygen atoms in total. The average molecular weight is 265 g/mol. The summed E-state index contributed by atoms with van der Waals surface area (Å²) in [6, 6.07) is 6.99. The molecule has 0 aliphatic carbocycles. The highest BCUT2D eigenvalue weighted by molar-refractivity contribution is 6.17. The van der Waals surface area contributed by atoms with Crippen molar-refractivity contribution in [1.29, 1.82) is 0 Å². The molecule has 0 fully saturated rings. The third kappa shape index (κ3) is 2.39. The van der Waals surface area contributed by atoms with Crippen LogP contribution >= 0.6 is 11.6 Å². The lowest BCUT2D eigenvalue weighted by atomic mass is 10.1. The fraction of sp³-hybridized carbons (Fsp3) is 0.533. The van der Waals surface area contributed by atoms with E-state index in [0.717, 1.165) is 30.6 Å². The van der Waals surface area contributed by atoms with E-state index < -0.39 is 0 Å². The number of aromatic nitrogens is 2. The predicted octanol–water partition coefficient (Wildman–Crippen LogP) is 4.49. The maximum absolute atomic E-state index is 5.90. The normalized spacial score (nSPS) is 11.6. The maximum atomic E-state index is 5.90. The molecule has 98 valence electrons. The number of hydrogen-bond acceptors (Lipinski definition) is 1. The molecule has 18 heavy (non-hydrogen) atoms. The first-order valence-electron chi connectivity index (χ1n) is 6.74. The molecule has 3 heteroatoms. The Morgan fingerprint density at radius 1 is 1.28 bits per heavy atom. The largest absolute Gasteiger partial charge is 0.325 e. The fourth-order valence-corrected chi connectivity index (χ4v) is 2.74. The second-order valence-corrected chi connectivity index (χ2v) is 5.18. The SMILES string of the molecule is CCC(CC)n1c(CCCl)nc2ccc(C)cc21. The van der Waals surface area contributed by atoms with Gasteiger partial charge >= 0.3 is 0 Å². The Kier molecular flexibility index (Phi) is 4.28. The van der Waals surface area contributed by atoms with Crippen LogP contribution in [0.25, 0.3) is 11.0 Å². The van der Waals surface area contributed by atoms with Crippen LogP contribution in [0, 0.1) is 6.92 Å². The quantitative estimate of drug-likeness (QED) is 0.728. The van der Waals surface area contributed by atoms with Crippen molar-refractivity contribution in [1.82, 2.24) is 9.55 Å². The van der Waals surface area contributed by atoms with Gasteiger partial charge in [0.25, 0.3) is 0 Å². The minimum Gasteiger partial charge on any atom is -0.325 e. The Balaban J connectivity index is 2.63. The summed E-state index contributed by atoms with van der Waals surface area (Å²) >= 11 is 5.90. The minimum absolute atomic E-state index is 0.523. The number of nitrogens with zero attached hydrogens (tertiary/aromatic N) is 2. The van der Waals surface area contributed by atoms with Crippen LogP contribution in [0.15, 0.2) is 18.2 Å². The van der Waals surface area contributed by atoms with Crippen molar-refractivity contribution in [2.45, 2.75) is 46.1 Å². The second kappa shape index (κ2) is 5.75. The molecule has 0 aliphatic rings. The molecule has 2 rings (SSSR count). The van der Waals surface area contributed by atoms with Gasteiger partial charge in [0, 0.05) is 18.3 Å². The molecule has 1 aromatic carbocycles. The monoisotopic (exact) mass is 264 g/mol. The molecular weight excluding hydrogens is 244 g/mol. The topological polar surface area (TPSA) is 17.8 Å². The molecule has 0 N–H and O–H groups in total. The Bertz CT molecular complexity index is 527. The molecule has 1 aromatic heterocycles. The third-order valence-corrected chi connectivity index (χ3v) is 3.73. The van der Waals surface area contributed by atoms with Crippen LogP contribution < -0.4 is 0 Å². The molecule has 0 spiro atoms. The van der Waals surface area contributed by atoms with E-state index in [9.17, 15) is 0 Å². The average Bonchev–Trinajstić information content (AvgIpc) is 2.70. The predicted molar refractivity (Wildman–Crippen MR) is 78.5 cm³/mol. The van der Waals surface area contributed by atoms with Crippen LogP contribution in [0.5, 0.6) is 0 Å². The van der Waals surface area contributed by atoms with Crippen molar-refractivity contribution >= 4 is 22.6 Å². The molecule has 0 saturated carbocycles. The van der Waals surface area contributed by atoms with Gasteiger partial charge in [-0.25, -0.2) is 4.98 Å². The summed E-state index contributed by atoms with van der Waals surface area (Å²) in [6.07, 6.45) is 3.10. The molecule has 1 heterocycles. The summed E-state index contributed by atoms with van der Waals surface area (Å²) in [4.78, 5) is 4.74. The van der Waals surface area contributed by atoms with E-state index in [1.807, 2.05) is 0 Å². The highest BCUT2D eigenvalue weighted by Gasteiger charge is 2.16. The van der Waals surface area contributed by atoms with Crippen molar-refractivity contribution in [2.24, 2.45) is 0 Å². The van der Waals surface area contributed by atoms with Crippen LogP contribution in [0.1, 0.15) is 44.1 Å². The van der Waals surface area contributed by atoms with Gasteiger partial charge in [0.15, 0.2) is 0 Å². The van der Waals surface area contributed by atoms with Gasteiger partial charge in [-0.1, -0.05) is 19.9 Å². The first-order valence-corrected chi connectivity index (χ1v) is 7.28. The number of aryl methyl sites for hydroxylation is 2. The van der Waals surface area contributed by atoms with Crippen LogP contribution in [0.4, 0.5) is 0 Å². The zero-order valence-corrected chi connectivity index (χ0v) is 12.2. The van der Waals surface area contributed by atoms with Crippen molar-refractivity contribution < 1.29 is 0 Å². The van der Waals surface area contributed by atoms with E-state index in [1.165, 1.54) is 11.1 Å². The van der Waals surface area contributed by atoms with E-state index >= 15 is 0 Å². The van der Waals surface area contributed by atoms with Crippen LogP contribution in [-0.2, 0) is 6.42 Å². The standard InChI is InChI=1S/C15H21ClN2/c1-4-12(5-2)18-14-10-11(3)6-7-13(14)17-15(18)8-9-16/h6-7,10,12H,4-5,8-9H2,1-3H3. The minimum atomic E-state index is 0.523. The first kappa shape index (κ1) is 13.4. The van der Waals surface area contributed by atoms with E-state index in [0.29, 0.717) is 11.9 Å². The van der Waals surface area contributed by atoms with Crippen molar-refractivity contribution in [2.75, 3.05) is 5.88 Å². The van der Waals surface area contributed by atoms with E-state index in [2.05, 4.69) is 43.5 Å². The first-order chi connectivity index (χ1) is 8.71. The number of imidazole rings is 1. The van der Waals surface area contributed by atoms with Gasteiger partial charge in [-0.15, -0.1) is 11.6 Å². The van der Waals surface area contributed by atoms with Gasteiger partial charge in [-0.3, -0.25) is 0 Å².